The zero-order valence-electron chi connectivity index (χ0n) is 22.8. The summed E-state index contributed by atoms with van der Waals surface area (Å²) in [5.41, 5.74) is 8.88. The van der Waals surface area contributed by atoms with Crippen molar-refractivity contribution in [2.75, 3.05) is 6.54 Å². The van der Waals surface area contributed by atoms with Gasteiger partial charge in [0.2, 0.25) is 5.91 Å². The van der Waals surface area contributed by atoms with Crippen LogP contribution in [-0.2, 0) is 22.6 Å². The highest BCUT2D eigenvalue weighted by Gasteiger charge is 2.22. The molecule has 4 N–H and O–H groups in total. The molecule has 1 saturated carbocycles. The fraction of sp³-hybridized carbons (Fsp3) is 0.469. The number of aromatic nitrogens is 1. The second-order valence-electron chi connectivity index (χ2n) is 10.8. The van der Waals surface area contributed by atoms with E-state index in [9.17, 15) is 14.4 Å². The van der Waals surface area contributed by atoms with Gasteiger partial charge in [0, 0.05) is 24.0 Å². The van der Waals surface area contributed by atoms with Crippen molar-refractivity contribution in [3.8, 4) is 0 Å². The number of para-hydroxylation sites is 1. The van der Waals surface area contributed by atoms with E-state index in [1.54, 1.807) is 0 Å². The molecular formula is C32H42N4O3. The van der Waals surface area contributed by atoms with Gasteiger partial charge >= 0.3 is 0 Å². The summed E-state index contributed by atoms with van der Waals surface area (Å²) in [6.07, 6.45) is 10.6. The molecule has 4 rings (SSSR count). The van der Waals surface area contributed by atoms with Crippen LogP contribution in [0.2, 0.25) is 0 Å². The zero-order chi connectivity index (χ0) is 27.5. The molecule has 7 heteroatoms. The van der Waals surface area contributed by atoms with Crippen molar-refractivity contribution in [1.82, 2.24) is 15.2 Å². The fourth-order valence-electron chi connectivity index (χ4n) is 5.70. The van der Waals surface area contributed by atoms with Gasteiger partial charge < -0.3 is 25.7 Å². The number of nitrogens with zero attached hydrogens (tertiary/aromatic N) is 1. The van der Waals surface area contributed by atoms with Crippen LogP contribution in [0.4, 0.5) is 0 Å². The molecule has 0 aliphatic heterocycles. The summed E-state index contributed by atoms with van der Waals surface area (Å²) in [7, 11) is 0. The summed E-state index contributed by atoms with van der Waals surface area (Å²) in [4.78, 5) is 37.6. The molecule has 2 amide bonds. The summed E-state index contributed by atoms with van der Waals surface area (Å²) in [6, 6.07) is 18.8. The highest BCUT2D eigenvalue weighted by atomic mass is 16.2. The van der Waals surface area contributed by atoms with E-state index in [4.69, 9.17) is 5.73 Å². The fourth-order valence-corrected chi connectivity index (χ4v) is 5.70. The Balaban J connectivity index is 1.31. The first-order valence-corrected chi connectivity index (χ1v) is 14.5. The Labute approximate surface area is 231 Å². The van der Waals surface area contributed by atoms with E-state index >= 15 is 0 Å². The van der Waals surface area contributed by atoms with Gasteiger partial charge in [0.05, 0.1) is 12.1 Å². The van der Waals surface area contributed by atoms with Crippen molar-refractivity contribution in [2.24, 2.45) is 11.7 Å². The number of nitrogens with two attached hydrogens (primary N) is 1. The molecule has 0 bridgehead atoms. The summed E-state index contributed by atoms with van der Waals surface area (Å²) in [5.74, 6) is 0.196. The highest BCUT2D eigenvalue weighted by Crippen LogP contribution is 2.27. The number of hydrogen-bond acceptors (Lipinski definition) is 4. The Morgan fingerprint density at radius 2 is 1.74 bits per heavy atom. The third-order valence-electron chi connectivity index (χ3n) is 7.85. The van der Waals surface area contributed by atoms with Crippen LogP contribution in [-0.4, -0.2) is 41.3 Å². The first-order valence-electron chi connectivity index (χ1n) is 14.5. The predicted molar refractivity (Wildman–Crippen MR) is 155 cm³/mol. The second-order valence-corrected chi connectivity index (χ2v) is 10.8. The molecule has 1 aromatic heterocycles. The molecule has 0 radical (unpaired) electrons. The summed E-state index contributed by atoms with van der Waals surface area (Å²) >= 11 is 0. The van der Waals surface area contributed by atoms with Gasteiger partial charge in [-0.2, -0.15) is 0 Å². The Morgan fingerprint density at radius 1 is 1.00 bits per heavy atom. The minimum absolute atomic E-state index is 0.0970. The molecule has 0 saturated heterocycles. The largest absolute Gasteiger partial charge is 0.355 e. The van der Waals surface area contributed by atoms with Crippen LogP contribution in [0, 0.1) is 5.92 Å². The molecule has 1 aliphatic rings. The van der Waals surface area contributed by atoms with Crippen molar-refractivity contribution >= 4 is 29.0 Å². The van der Waals surface area contributed by atoms with Crippen LogP contribution in [0.25, 0.3) is 10.9 Å². The zero-order valence-corrected chi connectivity index (χ0v) is 22.8. The second kappa shape index (κ2) is 14.6. The average Bonchev–Trinajstić information content (AvgIpc) is 3.34. The number of rotatable bonds is 14. The van der Waals surface area contributed by atoms with Gasteiger partial charge in [0.1, 0.15) is 12.0 Å². The van der Waals surface area contributed by atoms with Crippen molar-refractivity contribution < 1.29 is 14.4 Å². The number of fused-ring (bicyclic) bond motifs is 1. The minimum Gasteiger partial charge on any atom is -0.355 e. The Kier molecular flexibility index (Phi) is 10.7. The Hall–Kier alpha value is -3.45. The topological polar surface area (TPSA) is 106 Å². The molecule has 3 aromatic rings. The van der Waals surface area contributed by atoms with Crippen molar-refractivity contribution in [1.29, 1.82) is 0 Å². The Bertz CT molecular complexity index is 1220. The number of aryl methyl sites for hydroxylation is 2. The smallest absolute Gasteiger partial charge is 0.268 e. The van der Waals surface area contributed by atoms with Gasteiger partial charge in [0.15, 0.2) is 0 Å². The van der Waals surface area contributed by atoms with E-state index in [1.165, 1.54) is 37.7 Å². The lowest BCUT2D eigenvalue weighted by molar-refractivity contribution is -0.122. The van der Waals surface area contributed by atoms with Crippen LogP contribution in [0.1, 0.15) is 73.8 Å². The molecule has 7 nitrogen and oxygen atoms in total. The van der Waals surface area contributed by atoms with Crippen LogP contribution in [0.3, 0.4) is 0 Å². The molecule has 2 aromatic carbocycles. The number of carbonyl (C=O) groups excluding carboxylic acids is 3. The lowest BCUT2D eigenvalue weighted by atomic mass is 9.85. The first kappa shape index (κ1) is 28.6. The lowest BCUT2D eigenvalue weighted by Gasteiger charge is -2.24. The number of hydrogen-bond donors (Lipinski definition) is 3. The molecule has 0 unspecified atom stereocenters. The normalized spacial score (nSPS) is 15.5. The number of nitrogens with one attached hydrogen (secondary N) is 2. The summed E-state index contributed by atoms with van der Waals surface area (Å²) < 4.78 is 1.98. The molecule has 2 atom stereocenters. The molecule has 39 heavy (non-hydrogen) atoms. The molecule has 208 valence electrons. The van der Waals surface area contributed by atoms with Gasteiger partial charge in [-0.3, -0.25) is 9.59 Å². The van der Waals surface area contributed by atoms with Crippen LogP contribution < -0.4 is 16.4 Å². The number of amides is 2. The average molecular weight is 531 g/mol. The van der Waals surface area contributed by atoms with Crippen molar-refractivity contribution in [3.63, 3.8) is 0 Å². The SMILES string of the molecule is N[C@H](CC1CCCCC1)C(=O)NCCCn1c(C(=O)N[C@@H](C=O)CCCc2ccccc2)cc2ccccc21. The Morgan fingerprint density at radius 3 is 2.51 bits per heavy atom. The maximum Gasteiger partial charge on any atom is 0.268 e. The quantitative estimate of drug-likeness (QED) is 0.206. The van der Waals surface area contributed by atoms with E-state index in [0.29, 0.717) is 37.5 Å². The van der Waals surface area contributed by atoms with Gasteiger partial charge in [-0.05, 0) is 55.7 Å². The van der Waals surface area contributed by atoms with Gasteiger partial charge in [0.25, 0.3) is 5.91 Å². The molecule has 1 fully saturated rings. The number of carbonyl (C=O) groups is 3. The third kappa shape index (κ3) is 8.27. The van der Waals surface area contributed by atoms with E-state index < -0.39 is 12.1 Å². The molecule has 0 spiro atoms. The first-order chi connectivity index (χ1) is 19.0. The predicted octanol–water partition coefficient (Wildman–Crippen LogP) is 4.77. The van der Waals surface area contributed by atoms with Crippen LogP contribution in [0.5, 0.6) is 0 Å². The maximum absolute atomic E-state index is 13.3. The van der Waals surface area contributed by atoms with Crippen molar-refractivity contribution in [3.05, 3.63) is 71.9 Å². The van der Waals surface area contributed by atoms with Gasteiger partial charge in [-0.25, -0.2) is 0 Å². The third-order valence-corrected chi connectivity index (χ3v) is 7.85. The molecule has 1 aliphatic carbocycles. The van der Waals surface area contributed by atoms with Crippen LogP contribution in [0.15, 0.2) is 60.7 Å². The van der Waals surface area contributed by atoms with Gasteiger partial charge in [-0.15, -0.1) is 0 Å². The molecule has 1 heterocycles. The van der Waals surface area contributed by atoms with E-state index in [2.05, 4.69) is 22.8 Å². The minimum atomic E-state index is -0.544. The van der Waals surface area contributed by atoms with Crippen molar-refractivity contribution in [2.45, 2.75) is 82.8 Å². The summed E-state index contributed by atoms with van der Waals surface area (Å²) in [6.45, 7) is 1.05. The lowest BCUT2D eigenvalue weighted by Crippen LogP contribution is -2.42. The number of benzene rings is 2. The maximum atomic E-state index is 13.3. The van der Waals surface area contributed by atoms with Crippen LogP contribution >= 0.6 is 0 Å². The number of aldehydes is 1. The van der Waals surface area contributed by atoms with E-state index in [1.807, 2.05) is 53.1 Å². The molecular weight excluding hydrogens is 488 g/mol. The summed E-state index contributed by atoms with van der Waals surface area (Å²) in [5, 5.41) is 6.87. The highest BCUT2D eigenvalue weighted by molar-refractivity contribution is 5.99. The van der Waals surface area contributed by atoms with Gasteiger partial charge in [-0.1, -0.05) is 80.6 Å². The monoisotopic (exact) mass is 530 g/mol. The standard InChI is InChI=1S/C32H42N4O3/c33-28(21-25-13-5-2-6-14-25)31(38)34-19-10-20-36-29-18-8-7-16-26(29)22-30(36)32(39)35-27(23-37)17-9-15-24-11-3-1-4-12-24/h1,3-4,7-8,11-12,16,18,22-23,25,27-28H,2,5-6,9-10,13-15,17,19-21,33H2,(H,34,38)(H,35,39)/t27-,28-/m1/s1. The van der Waals surface area contributed by atoms with E-state index in [-0.39, 0.29) is 11.8 Å². The van der Waals surface area contributed by atoms with E-state index in [0.717, 1.165) is 36.5 Å².